The highest BCUT2D eigenvalue weighted by Gasteiger charge is 2.27. The third-order valence-corrected chi connectivity index (χ3v) is 3.35. The van der Waals surface area contributed by atoms with Gasteiger partial charge in [-0.15, -0.1) is 0 Å². The van der Waals surface area contributed by atoms with Crippen molar-refractivity contribution in [3.8, 4) is 0 Å². The molecule has 0 aliphatic heterocycles. The molecule has 4 heteroatoms. The van der Waals surface area contributed by atoms with Gasteiger partial charge in [-0.25, -0.2) is 8.78 Å². The summed E-state index contributed by atoms with van der Waals surface area (Å²) in [5.41, 5.74) is 5.82. The monoisotopic (exact) mass is 275 g/mol. The summed E-state index contributed by atoms with van der Waals surface area (Å²) in [5, 5.41) is 0. The van der Waals surface area contributed by atoms with Gasteiger partial charge in [0.25, 0.3) is 0 Å². The van der Waals surface area contributed by atoms with Crippen LogP contribution in [-0.4, -0.2) is 0 Å². The minimum absolute atomic E-state index is 0.0104. The van der Waals surface area contributed by atoms with Crippen molar-refractivity contribution in [2.24, 2.45) is 11.7 Å². The largest absolute Gasteiger partial charge is 0.324 e. The van der Waals surface area contributed by atoms with E-state index in [1.165, 1.54) is 12.1 Å². The molecule has 1 aliphatic rings. The number of hydrogen-bond acceptors (Lipinski definition) is 1. The zero-order chi connectivity index (χ0) is 11.0. The third-order valence-electron chi connectivity index (χ3n) is 2.73. The molecule has 1 atom stereocenters. The van der Waals surface area contributed by atoms with E-state index in [1.54, 1.807) is 0 Å². The number of hydrogen-bond donors (Lipinski definition) is 1. The lowest BCUT2D eigenvalue weighted by Gasteiger charge is -2.14. The first-order valence-electron chi connectivity index (χ1n) is 4.98. The molecular formula is C11H12BrF2N. The molecule has 0 spiro atoms. The Bertz CT molecular complexity index is 377. The summed E-state index contributed by atoms with van der Waals surface area (Å²) in [6, 6.07) is 2.07. The summed E-state index contributed by atoms with van der Waals surface area (Å²) in [6.45, 7) is 0. The molecule has 0 bridgehead atoms. The molecular weight excluding hydrogens is 264 g/mol. The zero-order valence-electron chi connectivity index (χ0n) is 8.14. The van der Waals surface area contributed by atoms with Gasteiger partial charge >= 0.3 is 0 Å². The van der Waals surface area contributed by atoms with Crippen molar-refractivity contribution < 1.29 is 8.78 Å². The zero-order valence-corrected chi connectivity index (χ0v) is 9.73. The van der Waals surface area contributed by atoms with Crippen molar-refractivity contribution in [3.63, 3.8) is 0 Å². The van der Waals surface area contributed by atoms with Crippen LogP contribution in [0.5, 0.6) is 0 Å². The van der Waals surface area contributed by atoms with Gasteiger partial charge in [0.15, 0.2) is 0 Å². The van der Waals surface area contributed by atoms with Gasteiger partial charge in [-0.2, -0.15) is 0 Å². The van der Waals surface area contributed by atoms with E-state index < -0.39 is 17.7 Å². The molecule has 0 heterocycles. The molecule has 2 rings (SSSR count). The first kappa shape index (κ1) is 11.0. The summed E-state index contributed by atoms with van der Waals surface area (Å²) in [4.78, 5) is 0. The maximum atomic E-state index is 13.6. The summed E-state index contributed by atoms with van der Waals surface area (Å²) in [7, 11) is 0. The number of halogens is 3. The predicted molar refractivity (Wildman–Crippen MR) is 58.3 cm³/mol. The summed E-state index contributed by atoms with van der Waals surface area (Å²) in [6.07, 6.45) is 2.93. The SMILES string of the molecule is N[C@@H](CC1CC1)c1c(F)ccc(Br)c1F. The Balaban J connectivity index is 2.27. The smallest absolute Gasteiger partial charge is 0.145 e. The molecule has 0 saturated heterocycles. The molecule has 1 aromatic carbocycles. The van der Waals surface area contributed by atoms with Crippen LogP contribution in [0.15, 0.2) is 16.6 Å². The van der Waals surface area contributed by atoms with Crippen LogP contribution < -0.4 is 5.73 Å². The van der Waals surface area contributed by atoms with Crippen LogP contribution in [0.4, 0.5) is 8.78 Å². The van der Waals surface area contributed by atoms with Gasteiger partial charge in [-0.1, -0.05) is 12.8 Å². The molecule has 0 radical (unpaired) electrons. The quantitative estimate of drug-likeness (QED) is 0.840. The predicted octanol–water partition coefficient (Wildman–Crippen LogP) is 3.53. The van der Waals surface area contributed by atoms with Gasteiger partial charge in [0.2, 0.25) is 0 Å². The van der Waals surface area contributed by atoms with Crippen LogP contribution in [0, 0.1) is 17.6 Å². The first-order chi connectivity index (χ1) is 7.09. The van der Waals surface area contributed by atoms with Crippen molar-refractivity contribution in [3.05, 3.63) is 33.8 Å². The molecule has 82 valence electrons. The van der Waals surface area contributed by atoms with Crippen LogP contribution >= 0.6 is 15.9 Å². The minimum Gasteiger partial charge on any atom is -0.324 e. The lowest BCUT2D eigenvalue weighted by atomic mass is 10.0. The normalized spacial score (nSPS) is 17.9. The Morgan fingerprint density at radius 1 is 1.40 bits per heavy atom. The number of rotatable bonds is 3. The van der Waals surface area contributed by atoms with Gasteiger partial charge in [0.1, 0.15) is 11.6 Å². The number of nitrogens with two attached hydrogens (primary N) is 1. The second-order valence-electron chi connectivity index (χ2n) is 4.04. The van der Waals surface area contributed by atoms with E-state index in [0.717, 1.165) is 12.8 Å². The van der Waals surface area contributed by atoms with Crippen LogP contribution in [0.2, 0.25) is 0 Å². The van der Waals surface area contributed by atoms with E-state index in [-0.39, 0.29) is 10.0 Å². The molecule has 0 unspecified atom stereocenters. The van der Waals surface area contributed by atoms with Crippen LogP contribution in [-0.2, 0) is 0 Å². The van der Waals surface area contributed by atoms with Crippen LogP contribution in [0.3, 0.4) is 0 Å². The van der Waals surface area contributed by atoms with Crippen molar-refractivity contribution in [1.82, 2.24) is 0 Å². The Kier molecular flexibility index (Phi) is 3.07. The van der Waals surface area contributed by atoms with Crippen molar-refractivity contribution in [2.45, 2.75) is 25.3 Å². The molecule has 1 aromatic rings. The molecule has 1 aliphatic carbocycles. The highest BCUT2D eigenvalue weighted by atomic mass is 79.9. The third kappa shape index (κ3) is 2.37. The molecule has 0 amide bonds. The fourth-order valence-electron chi connectivity index (χ4n) is 1.71. The average molecular weight is 276 g/mol. The summed E-state index contributed by atoms with van der Waals surface area (Å²) < 4.78 is 27.3. The highest BCUT2D eigenvalue weighted by molar-refractivity contribution is 9.10. The van der Waals surface area contributed by atoms with Crippen LogP contribution in [0.1, 0.15) is 30.9 Å². The van der Waals surface area contributed by atoms with Crippen molar-refractivity contribution >= 4 is 15.9 Å². The standard InChI is InChI=1S/C11H12BrF2N/c12-7-3-4-8(13)10(11(7)14)9(15)5-6-1-2-6/h3-4,6,9H,1-2,5,15H2/t9-/m0/s1. The topological polar surface area (TPSA) is 26.0 Å². The Morgan fingerprint density at radius 2 is 2.07 bits per heavy atom. The molecule has 1 nitrogen and oxygen atoms in total. The van der Waals surface area contributed by atoms with Crippen molar-refractivity contribution in [2.75, 3.05) is 0 Å². The lowest BCUT2D eigenvalue weighted by Crippen LogP contribution is -2.15. The maximum absolute atomic E-state index is 13.6. The van der Waals surface area contributed by atoms with Crippen LogP contribution in [0.25, 0.3) is 0 Å². The van der Waals surface area contributed by atoms with E-state index in [9.17, 15) is 8.78 Å². The van der Waals surface area contributed by atoms with Gasteiger partial charge < -0.3 is 5.73 Å². The molecule has 1 saturated carbocycles. The Labute approximate surface area is 95.8 Å². The maximum Gasteiger partial charge on any atom is 0.145 e. The van der Waals surface area contributed by atoms with E-state index in [2.05, 4.69) is 15.9 Å². The molecule has 0 aromatic heterocycles. The molecule has 1 fully saturated rings. The van der Waals surface area contributed by atoms with Gasteiger partial charge in [-0.05, 0) is 40.4 Å². The van der Waals surface area contributed by atoms with Gasteiger partial charge in [0.05, 0.1) is 4.47 Å². The second-order valence-corrected chi connectivity index (χ2v) is 4.90. The highest BCUT2D eigenvalue weighted by Crippen LogP contribution is 2.38. The number of benzene rings is 1. The fraction of sp³-hybridized carbons (Fsp3) is 0.455. The molecule has 15 heavy (non-hydrogen) atoms. The van der Waals surface area contributed by atoms with E-state index in [1.807, 2.05) is 0 Å². The lowest BCUT2D eigenvalue weighted by molar-refractivity contribution is 0.496. The van der Waals surface area contributed by atoms with E-state index in [0.29, 0.717) is 12.3 Å². The van der Waals surface area contributed by atoms with Crippen molar-refractivity contribution in [1.29, 1.82) is 0 Å². The summed E-state index contributed by atoms with van der Waals surface area (Å²) in [5.74, 6) is -0.565. The fourth-order valence-corrected chi connectivity index (χ4v) is 2.06. The second kappa shape index (κ2) is 4.18. The van der Waals surface area contributed by atoms with E-state index in [4.69, 9.17) is 5.73 Å². The Hall–Kier alpha value is -0.480. The van der Waals surface area contributed by atoms with E-state index >= 15 is 0 Å². The Morgan fingerprint density at radius 3 is 2.67 bits per heavy atom. The minimum atomic E-state index is -0.567. The van der Waals surface area contributed by atoms with Gasteiger partial charge in [-0.3, -0.25) is 0 Å². The molecule has 2 N–H and O–H groups in total. The van der Waals surface area contributed by atoms with Gasteiger partial charge in [0, 0.05) is 11.6 Å². The average Bonchev–Trinajstić information content (AvgIpc) is 2.96. The summed E-state index contributed by atoms with van der Waals surface area (Å²) >= 11 is 3.03. The first-order valence-corrected chi connectivity index (χ1v) is 5.78.